The lowest BCUT2D eigenvalue weighted by molar-refractivity contribution is -0.315. The minimum Gasteiger partial charge on any atom is -0.365 e. The Balaban J connectivity index is 1.68. The van der Waals surface area contributed by atoms with Crippen LogP contribution in [0.25, 0.3) is 0 Å². The molecule has 4 fully saturated rings. The average molecular weight is 360 g/mol. The summed E-state index contributed by atoms with van der Waals surface area (Å²) in [6.07, 6.45) is 2.22. The summed E-state index contributed by atoms with van der Waals surface area (Å²) in [7, 11) is 0. The Morgan fingerprint density at radius 3 is 2.24 bits per heavy atom. The van der Waals surface area contributed by atoms with Gasteiger partial charge in [-0.15, -0.1) is 0 Å². The third kappa shape index (κ3) is 2.30. The fourth-order valence-electron chi connectivity index (χ4n) is 7.90. The van der Waals surface area contributed by atoms with Gasteiger partial charge >= 0.3 is 6.18 Å². The fraction of sp³-hybridized carbons (Fsp3) is 1.00. The monoisotopic (exact) mass is 360 g/mol. The van der Waals surface area contributed by atoms with Gasteiger partial charge in [0.2, 0.25) is 0 Å². The first-order chi connectivity index (χ1) is 11.5. The van der Waals surface area contributed by atoms with Crippen LogP contribution in [0.5, 0.6) is 0 Å². The molecule has 2 nitrogen and oxygen atoms in total. The van der Waals surface area contributed by atoms with Crippen LogP contribution in [0.15, 0.2) is 0 Å². The van der Waals surface area contributed by atoms with Gasteiger partial charge in [-0.25, -0.2) is 0 Å². The number of rotatable bonds is 0. The molecule has 0 saturated heterocycles. The van der Waals surface area contributed by atoms with Gasteiger partial charge in [0.15, 0.2) is 5.79 Å². The number of fused-ring (bicyclic) bond motifs is 5. The van der Waals surface area contributed by atoms with Crippen molar-refractivity contribution in [2.45, 2.75) is 83.6 Å². The summed E-state index contributed by atoms with van der Waals surface area (Å²) in [6, 6.07) is 0. The summed E-state index contributed by atoms with van der Waals surface area (Å²) in [5.41, 5.74) is -1.23. The van der Waals surface area contributed by atoms with Crippen LogP contribution in [-0.4, -0.2) is 22.2 Å². The molecule has 0 amide bonds. The highest BCUT2D eigenvalue weighted by Crippen LogP contribution is 2.70. The molecule has 25 heavy (non-hydrogen) atoms. The van der Waals surface area contributed by atoms with E-state index in [-0.39, 0.29) is 24.2 Å². The summed E-state index contributed by atoms with van der Waals surface area (Å²) in [5, 5.41) is 21.7. The van der Waals surface area contributed by atoms with E-state index < -0.39 is 28.7 Å². The smallest absolute Gasteiger partial charge is 0.365 e. The molecule has 0 radical (unpaired) electrons. The van der Waals surface area contributed by atoms with Gasteiger partial charge in [-0.3, -0.25) is 0 Å². The highest BCUT2D eigenvalue weighted by atomic mass is 19.4. The zero-order valence-corrected chi connectivity index (χ0v) is 15.3. The second-order valence-electron chi connectivity index (χ2n) is 9.86. The lowest BCUT2D eigenvalue weighted by atomic mass is 9.43. The van der Waals surface area contributed by atoms with Gasteiger partial charge in [-0.05, 0) is 80.5 Å². The topological polar surface area (TPSA) is 40.5 Å². The van der Waals surface area contributed by atoms with Gasteiger partial charge in [-0.2, -0.15) is 13.2 Å². The number of halogens is 3. The molecule has 0 heterocycles. The molecule has 0 spiro atoms. The van der Waals surface area contributed by atoms with Crippen LogP contribution >= 0.6 is 0 Å². The summed E-state index contributed by atoms with van der Waals surface area (Å²) in [5.74, 6) is -2.13. The second-order valence-corrected chi connectivity index (χ2v) is 9.86. The Bertz CT molecular complexity index is 546. The predicted molar refractivity (Wildman–Crippen MR) is 88.4 cm³/mol. The molecule has 0 aromatic heterocycles. The van der Waals surface area contributed by atoms with Crippen LogP contribution in [0.1, 0.15) is 71.6 Å². The van der Waals surface area contributed by atoms with E-state index in [0.717, 1.165) is 25.7 Å². The Morgan fingerprint density at radius 2 is 1.56 bits per heavy atom. The third-order valence-corrected chi connectivity index (χ3v) is 9.24. The van der Waals surface area contributed by atoms with Crippen LogP contribution in [0.4, 0.5) is 13.2 Å². The van der Waals surface area contributed by atoms with Crippen molar-refractivity contribution in [3.63, 3.8) is 0 Å². The number of aliphatic hydroxyl groups is 2. The van der Waals surface area contributed by atoms with Gasteiger partial charge in [0, 0.05) is 11.8 Å². The van der Waals surface area contributed by atoms with E-state index in [1.165, 1.54) is 0 Å². The lowest BCUT2D eigenvalue weighted by Gasteiger charge is -2.63. The molecule has 0 bridgehead atoms. The van der Waals surface area contributed by atoms with Gasteiger partial charge in [0.1, 0.15) is 0 Å². The van der Waals surface area contributed by atoms with Gasteiger partial charge < -0.3 is 10.2 Å². The molecule has 4 rings (SSSR count). The van der Waals surface area contributed by atoms with E-state index in [2.05, 4.69) is 0 Å². The van der Waals surface area contributed by atoms with Crippen molar-refractivity contribution in [2.24, 2.45) is 40.4 Å². The summed E-state index contributed by atoms with van der Waals surface area (Å²) in [4.78, 5) is 0. The summed E-state index contributed by atoms with van der Waals surface area (Å²) < 4.78 is 40.8. The minimum atomic E-state index is -4.11. The molecule has 0 unspecified atom stereocenters. The SMILES string of the molecule is C[C@]12CC[C@H]3[C@@H](CC[C@H]4CCCC(O)(O)[C@@]43C)[C@@H]1CC[C@@H]2C(F)(F)F. The van der Waals surface area contributed by atoms with Crippen LogP contribution in [0.3, 0.4) is 0 Å². The summed E-state index contributed by atoms with van der Waals surface area (Å²) >= 11 is 0. The summed E-state index contributed by atoms with van der Waals surface area (Å²) in [6.45, 7) is 3.88. The Kier molecular flexibility index (Phi) is 3.89. The molecule has 0 aliphatic heterocycles. The Hall–Kier alpha value is -0.290. The maximum atomic E-state index is 13.6. The zero-order chi connectivity index (χ0) is 18.3. The second kappa shape index (κ2) is 5.37. The highest BCUT2D eigenvalue weighted by Gasteiger charge is 2.67. The highest BCUT2D eigenvalue weighted by molar-refractivity contribution is 5.12. The molecule has 2 N–H and O–H groups in total. The average Bonchev–Trinajstić information content (AvgIpc) is 2.85. The first-order valence-corrected chi connectivity index (χ1v) is 10.0. The van der Waals surface area contributed by atoms with E-state index in [9.17, 15) is 23.4 Å². The molecular weight excluding hydrogens is 329 g/mol. The molecule has 4 saturated carbocycles. The first-order valence-electron chi connectivity index (χ1n) is 10.0. The molecule has 4 aliphatic rings. The van der Waals surface area contributed by atoms with Crippen molar-refractivity contribution < 1.29 is 23.4 Å². The fourth-order valence-corrected chi connectivity index (χ4v) is 7.90. The quantitative estimate of drug-likeness (QED) is 0.604. The Labute approximate surface area is 148 Å². The normalized spacial score (nSPS) is 52.2. The molecule has 0 aromatic carbocycles. The molecule has 5 heteroatoms. The Morgan fingerprint density at radius 1 is 0.840 bits per heavy atom. The zero-order valence-electron chi connectivity index (χ0n) is 15.3. The van der Waals surface area contributed by atoms with Gasteiger partial charge in [0.05, 0.1) is 5.92 Å². The third-order valence-electron chi connectivity index (χ3n) is 9.24. The van der Waals surface area contributed by atoms with Crippen LogP contribution in [0, 0.1) is 40.4 Å². The lowest BCUT2D eigenvalue weighted by Crippen LogP contribution is -2.63. The van der Waals surface area contributed by atoms with E-state index >= 15 is 0 Å². The number of hydrogen-bond donors (Lipinski definition) is 2. The maximum absolute atomic E-state index is 13.6. The minimum absolute atomic E-state index is 0.0772. The maximum Gasteiger partial charge on any atom is 0.392 e. The predicted octanol–water partition coefficient (Wildman–Crippen LogP) is 4.89. The molecule has 0 aromatic rings. The van der Waals surface area contributed by atoms with Crippen molar-refractivity contribution in [1.29, 1.82) is 0 Å². The van der Waals surface area contributed by atoms with Gasteiger partial charge in [-0.1, -0.05) is 13.8 Å². The van der Waals surface area contributed by atoms with Crippen molar-refractivity contribution in [3.05, 3.63) is 0 Å². The van der Waals surface area contributed by atoms with Crippen molar-refractivity contribution >= 4 is 0 Å². The van der Waals surface area contributed by atoms with Crippen molar-refractivity contribution in [2.75, 3.05) is 0 Å². The largest absolute Gasteiger partial charge is 0.392 e. The molecule has 144 valence electrons. The van der Waals surface area contributed by atoms with E-state index in [1.54, 1.807) is 0 Å². The van der Waals surface area contributed by atoms with Crippen LogP contribution in [0.2, 0.25) is 0 Å². The van der Waals surface area contributed by atoms with Crippen molar-refractivity contribution in [1.82, 2.24) is 0 Å². The first kappa shape index (κ1) is 18.1. The standard InChI is InChI=1S/C20H31F3O2/c1-17-11-9-15-13(14(17)7-8-16(17)20(21,22)23)6-5-12-4-3-10-19(24,25)18(12,15)2/h12-16,24-25H,3-11H2,1-2H3/t12-,13+,14+,15+,16+,17+,18+/m1/s1. The van der Waals surface area contributed by atoms with Crippen LogP contribution in [-0.2, 0) is 0 Å². The van der Waals surface area contributed by atoms with E-state index in [1.807, 2.05) is 13.8 Å². The molecule has 7 atom stereocenters. The van der Waals surface area contributed by atoms with Crippen molar-refractivity contribution in [3.8, 4) is 0 Å². The number of alkyl halides is 3. The van der Waals surface area contributed by atoms with Crippen LogP contribution < -0.4 is 0 Å². The van der Waals surface area contributed by atoms with E-state index in [4.69, 9.17) is 0 Å². The molecule has 4 aliphatic carbocycles. The van der Waals surface area contributed by atoms with Gasteiger partial charge in [0.25, 0.3) is 0 Å². The van der Waals surface area contributed by atoms with E-state index in [0.29, 0.717) is 31.6 Å². The number of hydrogen-bond acceptors (Lipinski definition) is 2. The molecular formula is C20H31F3O2.